The molecule has 0 aliphatic rings. The molecule has 0 aliphatic carbocycles. The van der Waals surface area contributed by atoms with Crippen molar-refractivity contribution in [1.29, 1.82) is 5.41 Å². The fourth-order valence-electron chi connectivity index (χ4n) is 0.567. The lowest BCUT2D eigenvalue weighted by Crippen LogP contribution is -2.18. The Kier molecular flexibility index (Phi) is 3.54. The van der Waals surface area contributed by atoms with E-state index in [0.717, 1.165) is 0 Å². The van der Waals surface area contributed by atoms with Gasteiger partial charge in [0.1, 0.15) is 0 Å². The highest BCUT2D eigenvalue weighted by molar-refractivity contribution is 5.97. The smallest absolute Gasteiger partial charge is 0.0687 e. The summed E-state index contributed by atoms with van der Waals surface area (Å²) in [5.74, 6) is 0.199. The van der Waals surface area contributed by atoms with Gasteiger partial charge >= 0.3 is 0 Å². The van der Waals surface area contributed by atoms with Crippen LogP contribution in [-0.2, 0) is 0 Å². The minimum atomic E-state index is 0.199. The number of hydrogen-bond donors (Lipinski definition) is 3. The van der Waals surface area contributed by atoms with E-state index in [4.69, 9.17) is 11.1 Å². The Balaban J connectivity index is 4.08. The largest absolute Gasteiger partial charge is 0.396 e. The molecule has 0 aliphatic heterocycles. The third-order valence-corrected chi connectivity index (χ3v) is 1.19. The van der Waals surface area contributed by atoms with Gasteiger partial charge in [0.05, 0.1) is 11.4 Å². The van der Waals surface area contributed by atoms with Crippen molar-refractivity contribution < 1.29 is 0 Å². The normalized spacial score (nSPS) is 11.8. The Morgan fingerprint density at radius 1 is 1.60 bits per heavy atom. The van der Waals surface area contributed by atoms with Gasteiger partial charge in [-0.15, -0.1) is 0 Å². The van der Waals surface area contributed by atoms with Crippen molar-refractivity contribution in [2.24, 2.45) is 11.7 Å². The molecule has 10 heavy (non-hydrogen) atoms. The molecule has 58 valence electrons. The molecule has 4 N–H and O–H groups in total. The first-order chi connectivity index (χ1) is 4.59. The summed E-state index contributed by atoms with van der Waals surface area (Å²) < 4.78 is 0. The molecule has 0 fully saturated rings. The number of nitrogens with two attached hydrogens (primary N) is 1. The average Bonchev–Trinajstić information content (AvgIpc) is 1.87. The van der Waals surface area contributed by atoms with E-state index in [-0.39, 0.29) is 5.92 Å². The first-order valence-electron chi connectivity index (χ1n) is 3.31. The molecule has 3 heteroatoms. The van der Waals surface area contributed by atoms with E-state index in [9.17, 15) is 0 Å². The van der Waals surface area contributed by atoms with Crippen LogP contribution in [0.2, 0.25) is 0 Å². The van der Waals surface area contributed by atoms with E-state index in [2.05, 4.69) is 5.32 Å². The molecular formula is C7H15N3. The fourth-order valence-corrected chi connectivity index (χ4v) is 0.567. The maximum absolute atomic E-state index is 7.42. The monoisotopic (exact) mass is 141 g/mol. The van der Waals surface area contributed by atoms with E-state index in [1.807, 2.05) is 13.8 Å². The van der Waals surface area contributed by atoms with Crippen LogP contribution in [0.4, 0.5) is 0 Å². The number of rotatable bonds is 3. The fraction of sp³-hybridized carbons (Fsp3) is 0.571. The summed E-state index contributed by atoms with van der Waals surface area (Å²) >= 11 is 0. The van der Waals surface area contributed by atoms with Crippen LogP contribution in [0.3, 0.4) is 0 Å². The van der Waals surface area contributed by atoms with Crippen molar-refractivity contribution >= 4 is 5.71 Å². The molecule has 0 saturated carbocycles. The molecule has 3 nitrogen and oxygen atoms in total. The second-order valence-corrected chi connectivity index (χ2v) is 2.46. The molecule has 0 spiro atoms. The van der Waals surface area contributed by atoms with Crippen molar-refractivity contribution in [2.45, 2.75) is 13.8 Å². The maximum Gasteiger partial charge on any atom is 0.0687 e. The standard InChI is InChI=1S/C7H15N3/c1-5(2)7(9)6(8)4-10-3/h4-5,9-10H,8H2,1-3H3/b6-4+,9-7?. The minimum absolute atomic E-state index is 0.199. The van der Waals surface area contributed by atoms with Crippen molar-refractivity contribution in [3.05, 3.63) is 11.9 Å². The third kappa shape index (κ3) is 2.53. The molecule has 0 amide bonds. The predicted molar refractivity (Wildman–Crippen MR) is 43.9 cm³/mol. The number of hydrogen-bond acceptors (Lipinski definition) is 3. The molecule has 0 unspecified atom stereocenters. The summed E-state index contributed by atoms with van der Waals surface area (Å²) in [6.07, 6.45) is 1.63. The Morgan fingerprint density at radius 3 is 2.40 bits per heavy atom. The number of nitrogens with one attached hydrogen (secondary N) is 2. The van der Waals surface area contributed by atoms with Crippen molar-refractivity contribution in [2.75, 3.05) is 7.05 Å². The Labute approximate surface area is 61.8 Å². The van der Waals surface area contributed by atoms with Gasteiger partial charge in [0, 0.05) is 13.2 Å². The average molecular weight is 141 g/mol. The molecule has 0 bridgehead atoms. The summed E-state index contributed by atoms with van der Waals surface area (Å²) in [5.41, 5.74) is 6.50. The van der Waals surface area contributed by atoms with Crippen LogP contribution in [0.1, 0.15) is 13.8 Å². The molecule has 0 radical (unpaired) electrons. The van der Waals surface area contributed by atoms with Crippen molar-refractivity contribution in [3.63, 3.8) is 0 Å². The Morgan fingerprint density at radius 2 is 2.10 bits per heavy atom. The van der Waals surface area contributed by atoms with E-state index in [0.29, 0.717) is 11.4 Å². The van der Waals surface area contributed by atoms with Crippen molar-refractivity contribution in [3.8, 4) is 0 Å². The van der Waals surface area contributed by atoms with E-state index in [1.54, 1.807) is 13.2 Å². The van der Waals surface area contributed by atoms with Gasteiger partial charge in [0.25, 0.3) is 0 Å². The second kappa shape index (κ2) is 3.93. The third-order valence-electron chi connectivity index (χ3n) is 1.19. The van der Waals surface area contributed by atoms with Crippen molar-refractivity contribution in [1.82, 2.24) is 5.32 Å². The van der Waals surface area contributed by atoms with Crippen LogP contribution in [0, 0.1) is 11.3 Å². The summed E-state index contributed by atoms with van der Waals surface area (Å²) in [4.78, 5) is 0. The Hall–Kier alpha value is -0.990. The lowest BCUT2D eigenvalue weighted by Gasteiger charge is -2.06. The molecular weight excluding hydrogens is 126 g/mol. The molecule has 0 aromatic rings. The van der Waals surface area contributed by atoms with Gasteiger partial charge < -0.3 is 16.5 Å². The first-order valence-corrected chi connectivity index (χ1v) is 3.31. The van der Waals surface area contributed by atoms with Gasteiger partial charge in [0.15, 0.2) is 0 Å². The van der Waals surface area contributed by atoms with Gasteiger partial charge in [0.2, 0.25) is 0 Å². The van der Waals surface area contributed by atoms with E-state index >= 15 is 0 Å². The SMILES string of the molecule is CN/C=C(/N)C(=N)C(C)C. The molecule has 0 aromatic carbocycles. The van der Waals surface area contributed by atoms with E-state index < -0.39 is 0 Å². The second-order valence-electron chi connectivity index (χ2n) is 2.46. The van der Waals surface area contributed by atoms with Crippen LogP contribution in [0.5, 0.6) is 0 Å². The molecule has 0 atom stereocenters. The van der Waals surface area contributed by atoms with E-state index in [1.165, 1.54) is 0 Å². The zero-order valence-electron chi connectivity index (χ0n) is 6.73. The van der Waals surface area contributed by atoms with Gasteiger partial charge in [-0.1, -0.05) is 13.8 Å². The Bertz CT molecular complexity index is 147. The van der Waals surface area contributed by atoms with Gasteiger partial charge in [-0.25, -0.2) is 0 Å². The maximum atomic E-state index is 7.42. The number of allylic oxidation sites excluding steroid dienone is 1. The molecule has 0 aromatic heterocycles. The quantitative estimate of drug-likeness (QED) is 0.506. The zero-order valence-corrected chi connectivity index (χ0v) is 6.73. The zero-order chi connectivity index (χ0) is 8.15. The van der Waals surface area contributed by atoms with Crippen LogP contribution in [-0.4, -0.2) is 12.8 Å². The highest BCUT2D eigenvalue weighted by Crippen LogP contribution is 1.99. The van der Waals surface area contributed by atoms with Crippen LogP contribution in [0.25, 0.3) is 0 Å². The molecule has 0 saturated heterocycles. The summed E-state index contributed by atoms with van der Waals surface area (Å²) in [6, 6.07) is 0. The molecule has 0 heterocycles. The summed E-state index contributed by atoms with van der Waals surface area (Å²) in [6.45, 7) is 3.89. The van der Waals surface area contributed by atoms with Crippen LogP contribution < -0.4 is 11.1 Å². The van der Waals surface area contributed by atoms with Crippen LogP contribution >= 0.6 is 0 Å². The summed E-state index contributed by atoms with van der Waals surface area (Å²) in [7, 11) is 1.76. The summed E-state index contributed by atoms with van der Waals surface area (Å²) in [5, 5.41) is 10.2. The van der Waals surface area contributed by atoms with Gasteiger partial charge in [-0.2, -0.15) is 0 Å². The highest BCUT2D eigenvalue weighted by atomic mass is 14.8. The first kappa shape index (κ1) is 9.01. The van der Waals surface area contributed by atoms with Gasteiger partial charge in [-0.3, -0.25) is 0 Å². The molecule has 0 rings (SSSR count). The lowest BCUT2D eigenvalue weighted by molar-refractivity contribution is 0.869. The lowest BCUT2D eigenvalue weighted by atomic mass is 10.1. The topological polar surface area (TPSA) is 61.9 Å². The van der Waals surface area contributed by atoms with Crippen LogP contribution in [0.15, 0.2) is 11.9 Å². The highest BCUT2D eigenvalue weighted by Gasteiger charge is 2.03. The predicted octanol–water partition coefficient (Wildman–Crippen LogP) is 0.682. The minimum Gasteiger partial charge on any atom is -0.396 e. The van der Waals surface area contributed by atoms with Gasteiger partial charge in [-0.05, 0) is 5.92 Å².